The predicted octanol–water partition coefficient (Wildman–Crippen LogP) is 4.00. The molecule has 0 atom stereocenters. The lowest BCUT2D eigenvalue weighted by Gasteiger charge is -2.13. The third kappa shape index (κ3) is 2.29. The normalized spacial score (nSPS) is 10.7. The van der Waals surface area contributed by atoms with E-state index in [0.29, 0.717) is 0 Å². The van der Waals surface area contributed by atoms with Gasteiger partial charge in [-0.05, 0) is 40.5 Å². The smallest absolute Gasteiger partial charge is 0.130 e. The fraction of sp³-hybridized carbons (Fsp3) is 0.357. The van der Waals surface area contributed by atoms with E-state index in [-0.39, 0.29) is 0 Å². The van der Waals surface area contributed by atoms with Crippen LogP contribution < -0.4 is 10.1 Å². The quantitative estimate of drug-likeness (QED) is 0.927. The summed E-state index contributed by atoms with van der Waals surface area (Å²) in [7, 11) is 3.60. The van der Waals surface area contributed by atoms with E-state index in [2.05, 4.69) is 34.2 Å². The first kappa shape index (κ1) is 13.1. The number of methoxy groups -OCH3 is 1. The second kappa shape index (κ2) is 5.57. The van der Waals surface area contributed by atoms with Crippen molar-refractivity contribution in [2.24, 2.45) is 0 Å². The van der Waals surface area contributed by atoms with Gasteiger partial charge in [0.05, 0.1) is 18.0 Å². The predicted molar refractivity (Wildman–Crippen MR) is 79.5 cm³/mol. The Morgan fingerprint density at radius 2 is 2.17 bits per heavy atom. The molecule has 0 aliphatic rings. The Hall–Kier alpha value is -1.29. The monoisotopic (exact) mass is 308 g/mol. The Kier molecular flexibility index (Phi) is 4.07. The zero-order chi connectivity index (χ0) is 13.1. The highest BCUT2D eigenvalue weighted by Crippen LogP contribution is 2.36. The molecule has 96 valence electrons. The third-order valence-electron chi connectivity index (χ3n) is 2.92. The molecule has 0 saturated carbocycles. The first-order valence-electron chi connectivity index (χ1n) is 6.05. The summed E-state index contributed by atoms with van der Waals surface area (Å²) in [5.74, 6) is 0.841. The summed E-state index contributed by atoms with van der Waals surface area (Å²) in [4.78, 5) is 4.71. The van der Waals surface area contributed by atoms with Crippen molar-refractivity contribution < 1.29 is 4.74 Å². The molecule has 1 heterocycles. The number of pyridine rings is 1. The highest BCUT2D eigenvalue weighted by molar-refractivity contribution is 9.10. The van der Waals surface area contributed by atoms with Crippen LogP contribution >= 0.6 is 15.9 Å². The summed E-state index contributed by atoms with van der Waals surface area (Å²) in [6.07, 6.45) is 2.07. The maximum Gasteiger partial charge on any atom is 0.130 e. The SMILES string of the molecule is CCCc1cc(NC)c2c(OC)ccc(Br)c2n1. The van der Waals surface area contributed by atoms with Crippen molar-refractivity contribution in [2.45, 2.75) is 19.8 Å². The number of nitrogens with one attached hydrogen (secondary N) is 1. The van der Waals surface area contributed by atoms with Crippen molar-refractivity contribution in [1.82, 2.24) is 4.98 Å². The molecule has 3 nitrogen and oxygen atoms in total. The van der Waals surface area contributed by atoms with Crippen molar-refractivity contribution in [3.8, 4) is 5.75 Å². The van der Waals surface area contributed by atoms with Crippen LogP contribution in [0.3, 0.4) is 0 Å². The molecule has 0 aliphatic carbocycles. The maximum absolute atomic E-state index is 5.42. The lowest BCUT2D eigenvalue weighted by Crippen LogP contribution is -1.99. The van der Waals surface area contributed by atoms with E-state index in [4.69, 9.17) is 9.72 Å². The lowest BCUT2D eigenvalue weighted by atomic mass is 10.1. The van der Waals surface area contributed by atoms with Crippen LogP contribution in [0.1, 0.15) is 19.0 Å². The summed E-state index contributed by atoms with van der Waals surface area (Å²) >= 11 is 3.56. The molecule has 0 unspecified atom stereocenters. The second-order valence-electron chi connectivity index (χ2n) is 4.13. The van der Waals surface area contributed by atoms with E-state index < -0.39 is 0 Å². The average molecular weight is 309 g/mol. The molecule has 4 heteroatoms. The average Bonchev–Trinajstić information content (AvgIpc) is 2.39. The molecule has 1 aromatic carbocycles. The number of hydrogen-bond acceptors (Lipinski definition) is 3. The molecule has 2 aromatic rings. The molecule has 18 heavy (non-hydrogen) atoms. The van der Waals surface area contributed by atoms with Crippen LogP contribution in [0.2, 0.25) is 0 Å². The molecule has 0 spiro atoms. The number of ether oxygens (including phenoxy) is 1. The van der Waals surface area contributed by atoms with E-state index in [1.54, 1.807) is 7.11 Å². The van der Waals surface area contributed by atoms with Crippen molar-refractivity contribution in [3.63, 3.8) is 0 Å². The summed E-state index contributed by atoms with van der Waals surface area (Å²) in [6, 6.07) is 6.03. The minimum absolute atomic E-state index is 0.841. The zero-order valence-electron chi connectivity index (χ0n) is 10.9. The van der Waals surface area contributed by atoms with Crippen molar-refractivity contribution in [2.75, 3.05) is 19.5 Å². The van der Waals surface area contributed by atoms with Crippen LogP contribution in [0.25, 0.3) is 10.9 Å². The van der Waals surface area contributed by atoms with Gasteiger partial charge in [0.15, 0.2) is 0 Å². The summed E-state index contributed by atoms with van der Waals surface area (Å²) in [5.41, 5.74) is 3.11. The van der Waals surface area contributed by atoms with Gasteiger partial charge in [0, 0.05) is 22.9 Å². The Balaban J connectivity index is 2.77. The summed E-state index contributed by atoms with van der Waals surface area (Å²) < 4.78 is 6.42. The van der Waals surface area contributed by atoms with E-state index in [1.165, 1.54) is 0 Å². The molecule has 0 radical (unpaired) electrons. The van der Waals surface area contributed by atoms with E-state index in [1.807, 2.05) is 19.2 Å². The van der Waals surface area contributed by atoms with Gasteiger partial charge in [-0.15, -0.1) is 0 Å². The van der Waals surface area contributed by atoms with Crippen LogP contribution in [-0.4, -0.2) is 19.1 Å². The largest absolute Gasteiger partial charge is 0.496 e. The highest BCUT2D eigenvalue weighted by atomic mass is 79.9. The van der Waals surface area contributed by atoms with Crippen LogP contribution in [0.4, 0.5) is 5.69 Å². The van der Waals surface area contributed by atoms with Gasteiger partial charge in [-0.3, -0.25) is 4.98 Å². The van der Waals surface area contributed by atoms with Crippen LogP contribution in [0.5, 0.6) is 5.75 Å². The Morgan fingerprint density at radius 1 is 1.39 bits per heavy atom. The fourth-order valence-electron chi connectivity index (χ4n) is 2.08. The molecule has 0 saturated heterocycles. The number of anilines is 1. The molecular weight excluding hydrogens is 292 g/mol. The lowest BCUT2D eigenvalue weighted by molar-refractivity contribution is 0.420. The molecule has 2 rings (SSSR count). The van der Waals surface area contributed by atoms with Crippen LogP contribution in [0, 0.1) is 0 Å². The van der Waals surface area contributed by atoms with Crippen molar-refractivity contribution in [1.29, 1.82) is 0 Å². The third-order valence-corrected chi connectivity index (χ3v) is 3.56. The summed E-state index contributed by atoms with van der Waals surface area (Å²) in [5, 5.41) is 4.25. The van der Waals surface area contributed by atoms with E-state index in [9.17, 15) is 0 Å². The minimum atomic E-state index is 0.841. The number of aromatic nitrogens is 1. The van der Waals surface area contributed by atoms with Gasteiger partial charge < -0.3 is 10.1 Å². The van der Waals surface area contributed by atoms with Gasteiger partial charge in [0.25, 0.3) is 0 Å². The highest BCUT2D eigenvalue weighted by Gasteiger charge is 2.12. The topological polar surface area (TPSA) is 34.1 Å². The van der Waals surface area contributed by atoms with Gasteiger partial charge in [-0.2, -0.15) is 0 Å². The van der Waals surface area contributed by atoms with Crippen molar-refractivity contribution >= 4 is 32.5 Å². The Bertz CT molecular complexity index is 569. The van der Waals surface area contributed by atoms with Crippen LogP contribution in [-0.2, 0) is 6.42 Å². The maximum atomic E-state index is 5.42. The number of aryl methyl sites for hydroxylation is 1. The molecular formula is C14H17BrN2O. The molecule has 1 N–H and O–H groups in total. The Labute approximate surface area is 116 Å². The first-order valence-corrected chi connectivity index (χ1v) is 6.84. The van der Waals surface area contributed by atoms with Crippen LogP contribution in [0.15, 0.2) is 22.7 Å². The number of fused-ring (bicyclic) bond motifs is 1. The molecule has 0 fully saturated rings. The van der Waals surface area contributed by atoms with Crippen molar-refractivity contribution in [3.05, 3.63) is 28.4 Å². The first-order chi connectivity index (χ1) is 8.71. The number of nitrogens with zero attached hydrogens (tertiary/aromatic N) is 1. The van der Waals surface area contributed by atoms with Gasteiger partial charge in [0.2, 0.25) is 0 Å². The second-order valence-corrected chi connectivity index (χ2v) is 4.99. The van der Waals surface area contributed by atoms with Gasteiger partial charge in [-0.1, -0.05) is 13.3 Å². The van der Waals surface area contributed by atoms with Gasteiger partial charge in [-0.25, -0.2) is 0 Å². The molecule has 0 bridgehead atoms. The molecule has 0 aliphatic heterocycles. The number of hydrogen-bond donors (Lipinski definition) is 1. The number of halogens is 1. The number of rotatable bonds is 4. The van der Waals surface area contributed by atoms with E-state index >= 15 is 0 Å². The minimum Gasteiger partial charge on any atom is -0.496 e. The zero-order valence-corrected chi connectivity index (χ0v) is 12.5. The Morgan fingerprint density at radius 3 is 2.78 bits per heavy atom. The van der Waals surface area contributed by atoms with Gasteiger partial charge >= 0.3 is 0 Å². The van der Waals surface area contributed by atoms with Gasteiger partial charge in [0.1, 0.15) is 5.75 Å². The number of benzene rings is 1. The molecule has 0 amide bonds. The standard InChI is InChI=1S/C14H17BrN2O/c1-4-5-9-8-11(16-2)13-12(18-3)7-6-10(15)14(13)17-9/h6-8H,4-5H2,1-3H3,(H,16,17). The fourth-order valence-corrected chi connectivity index (χ4v) is 2.50. The summed E-state index contributed by atoms with van der Waals surface area (Å²) in [6.45, 7) is 2.16. The molecule has 1 aromatic heterocycles. The van der Waals surface area contributed by atoms with E-state index in [0.717, 1.165) is 45.3 Å².